The maximum absolute atomic E-state index is 6.39. The largest absolute Gasteiger partial charge is 0.458 e. The van der Waals surface area contributed by atoms with E-state index >= 15 is 0 Å². The molecule has 1 aliphatic heterocycles. The molecule has 10 rings (SSSR count). The molecule has 8 aromatic carbocycles. The molecule has 0 saturated carbocycles. The third kappa shape index (κ3) is 5.17. The summed E-state index contributed by atoms with van der Waals surface area (Å²) in [5.74, 6) is 1.85. The van der Waals surface area contributed by atoms with Gasteiger partial charge in [0.25, 0.3) is 6.71 Å². The Morgan fingerprint density at radius 2 is 0.804 bits per heavy atom. The van der Waals surface area contributed by atoms with Gasteiger partial charge in [-0.25, -0.2) is 0 Å². The molecule has 3 heteroatoms. The maximum Gasteiger partial charge on any atom is 0.250 e. The fourth-order valence-electron chi connectivity index (χ4n) is 7.78. The molecule has 0 unspecified atom stereocenters. The van der Waals surface area contributed by atoms with Crippen LogP contribution in [0.5, 0.6) is 11.5 Å². The monoisotopic (exact) mass is 666 g/mol. The highest BCUT2D eigenvalue weighted by atomic mass is 32.1. The van der Waals surface area contributed by atoms with Crippen molar-refractivity contribution in [3.05, 3.63) is 188 Å². The van der Waals surface area contributed by atoms with E-state index in [1.807, 2.05) is 11.3 Å². The van der Waals surface area contributed by atoms with Crippen molar-refractivity contribution in [2.45, 2.75) is 0 Å². The van der Waals surface area contributed by atoms with E-state index < -0.39 is 0 Å². The van der Waals surface area contributed by atoms with Crippen LogP contribution in [0.4, 0.5) is 0 Å². The summed E-state index contributed by atoms with van der Waals surface area (Å²) in [5.41, 5.74) is 13.5. The highest BCUT2D eigenvalue weighted by Gasteiger charge is 2.32. The van der Waals surface area contributed by atoms with Gasteiger partial charge in [0, 0.05) is 31.3 Å². The van der Waals surface area contributed by atoms with Crippen LogP contribution < -0.4 is 21.1 Å². The first-order valence-electron chi connectivity index (χ1n) is 17.5. The molecular formula is C48H31BOS. The summed E-state index contributed by atoms with van der Waals surface area (Å²) in [6.45, 7) is 0.0689. The van der Waals surface area contributed by atoms with Crippen LogP contribution in [0.3, 0.4) is 0 Å². The SMILES string of the molecule is c1ccc(-c2cc(-c3ccccc3)c3sc4c(-c5cccc(B6c7ccccc7Oc7ccccc76)c5)cc(-c5ccccc5)cc4c3c2)cc1. The second-order valence-corrected chi connectivity index (χ2v) is 14.3. The number of benzene rings is 8. The fraction of sp³-hybridized carbons (Fsp3) is 0. The third-order valence-electron chi connectivity index (χ3n) is 10.2. The maximum atomic E-state index is 6.39. The molecule has 9 aromatic rings. The summed E-state index contributed by atoms with van der Waals surface area (Å²) < 4.78 is 9.00. The van der Waals surface area contributed by atoms with E-state index in [1.54, 1.807) is 0 Å². The molecule has 238 valence electrons. The van der Waals surface area contributed by atoms with Crippen molar-refractivity contribution in [3.63, 3.8) is 0 Å². The molecule has 2 heterocycles. The standard InChI is InChI=1S/C48H31BOS/c1-4-15-32(16-5-1)36-28-39(34-19-8-3-9-20-34)47-41(30-36)42-31-37(33-17-6-2-7-18-33)29-40(48(42)51-47)35-21-14-22-38(27-35)49-43-23-10-12-25-45(43)50-46-26-13-11-24-44(46)49/h1-31H. The Kier molecular flexibility index (Phi) is 7.18. The molecule has 1 aliphatic rings. The highest BCUT2D eigenvalue weighted by molar-refractivity contribution is 7.27. The van der Waals surface area contributed by atoms with E-state index in [1.165, 1.54) is 81.1 Å². The Bertz CT molecular complexity index is 2670. The van der Waals surface area contributed by atoms with E-state index in [0.29, 0.717) is 0 Å². The summed E-state index contributed by atoms with van der Waals surface area (Å²) in [6, 6.07) is 68.1. The van der Waals surface area contributed by atoms with Gasteiger partial charge in [0.05, 0.1) is 0 Å². The fourth-order valence-corrected chi connectivity index (χ4v) is 9.11. The molecule has 0 amide bonds. The predicted molar refractivity (Wildman–Crippen MR) is 219 cm³/mol. The molecule has 51 heavy (non-hydrogen) atoms. The van der Waals surface area contributed by atoms with Crippen LogP contribution in [0.15, 0.2) is 188 Å². The molecule has 1 aromatic heterocycles. The molecule has 0 fully saturated rings. The van der Waals surface area contributed by atoms with Crippen LogP contribution in [0, 0.1) is 0 Å². The zero-order valence-corrected chi connectivity index (χ0v) is 28.6. The van der Waals surface area contributed by atoms with Gasteiger partial charge in [-0.15, -0.1) is 11.3 Å². The molecule has 0 radical (unpaired) electrons. The Balaban J connectivity index is 1.24. The summed E-state index contributed by atoms with van der Waals surface area (Å²) in [5, 5.41) is 2.58. The van der Waals surface area contributed by atoms with E-state index in [9.17, 15) is 0 Å². The van der Waals surface area contributed by atoms with Gasteiger partial charge < -0.3 is 4.74 Å². The number of rotatable bonds is 5. The Morgan fingerprint density at radius 3 is 1.35 bits per heavy atom. The molecule has 0 atom stereocenters. The predicted octanol–water partition coefficient (Wildman–Crippen LogP) is 11.3. The molecule has 1 nitrogen and oxygen atoms in total. The van der Waals surface area contributed by atoms with Crippen LogP contribution in [-0.4, -0.2) is 6.71 Å². The number of hydrogen-bond acceptors (Lipinski definition) is 2. The molecule has 0 spiro atoms. The van der Waals surface area contributed by atoms with Gasteiger partial charge >= 0.3 is 0 Å². The van der Waals surface area contributed by atoms with Crippen molar-refractivity contribution in [1.29, 1.82) is 0 Å². The minimum atomic E-state index is 0.0689. The van der Waals surface area contributed by atoms with Crippen molar-refractivity contribution in [2.75, 3.05) is 0 Å². The average Bonchev–Trinajstić information content (AvgIpc) is 3.59. The van der Waals surface area contributed by atoms with E-state index in [2.05, 4.69) is 188 Å². The first-order chi connectivity index (χ1) is 25.3. The Morgan fingerprint density at radius 1 is 0.353 bits per heavy atom. The number of para-hydroxylation sites is 2. The van der Waals surface area contributed by atoms with Gasteiger partial charge in [-0.2, -0.15) is 0 Å². The lowest BCUT2D eigenvalue weighted by molar-refractivity contribution is 0.487. The summed E-state index contributed by atoms with van der Waals surface area (Å²) >= 11 is 1.91. The Labute approximate surface area is 302 Å². The second kappa shape index (κ2) is 12.3. The van der Waals surface area contributed by atoms with Crippen molar-refractivity contribution in [1.82, 2.24) is 0 Å². The molecule has 0 saturated heterocycles. The number of thiophene rings is 1. The molecule has 0 N–H and O–H groups in total. The van der Waals surface area contributed by atoms with Crippen molar-refractivity contribution in [2.24, 2.45) is 0 Å². The van der Waals surface area contributed by atoms with E-state index in [-0.39, 0.29) is 6.71 Å². The third-order valence-corrected chi connectivity index (χ3v) is 11.5. The zero-order valence-electron chi connectivity index (χ0n) is 27.8. The number of fused-ring (bicyclic) bond motifs is 5. The van der Waals surface area contributed by atoms with E-state index in [4.69, 9.17) is 4.74 Å². The minimum absolute atomic E-state index is 0.0689. The van der Waals surface area contributed by atoms with Crippen LogP contribution >= 0.6 is 11.3 Å². The summed E-state index contributed by atoms with van der Waals surface area (Å²) in [4.78, 5) is 0. The molecular weight excluding hydrogens is 635 g/mol. The second-order valence-electron chi connectivity index (χ2n) is 13.2. The van der Waals surface area contributed by atoms with Crippen LogP contribution in [0.2, 0.25) is 0 Å². The van der Waals surface area contributed by atoms with Gasteiger partial charge in [-0.3, -0.25) is 0 Å². The summed E-state index contributed by atoms with van der Waals surface area (Å²) in [7, 11) is 0. The van der Waals surface area contributed by atoms with Crippen molar-refractivity contribution >= 4 is 54.6 Å². The van der Waals surface area contributed by atoms with Crippen molar-refractivity contribution in [3.8, 4) is 56.0 Å². The normalized spacial score (nSPS) is 12.0. The number of hydrogen-bond donors (Lipinski definition) is 0. The van der Waals surface area contributed by atoms with Gasteiger partial charge in [-0.1, -0.05) is 157 Å². The zero-order chi connectivity index (χ0) is 33.7. The highest BCUT2D eigenvalue weighted by Crippen LogP contribution is 2.47. The van der Waals surface area contributed by atoms with Crippen molar-refractivity contribution < 1.29 is 4.74 Å². The minimum Gasteiger partial charge on any atom is -0.458 e. The lowest BCUT2D eigenvalue weighted by Gasteiger charge is -2.26. The molecule has 0 bridgehead atoms. The van der Waals surface area contributed by atoms with Crippen LogP contribution in [-0.2, 0) is 0 Å². The Hall–Kier alpha value is -6.16. The lowest BCUT2D eigenvalue weighted by atomic mass is 9.36. The quantitative estimate of drug-likeness (QED) is 0.166. The van der Waals surface area contributed by atoms with Gasteiger partial charge in [0.1, 0.15) is 11.5 Å². The van der Waals surface area contributed by atoms with Gasteiger partial charge in [0.2, 0.25) is 0 Å². The number of ether oxygens (including phenoxy) is 1. The van der Waals surface area contributed by atoms with Crippen LogP contribution in [0.25, 0.3) is 64.7 Å². The molecule has 0 aliphatic carbocycles. The van der Waals surface area contributed by atoms with Gasteiger partial charge in [0.15, 0.2) is 0 Å². The topological polar surface area (TPSA) is 9.23 Å². The lowest BCUT2D eigenvalue weighted by Crippen LogP contribution is -2.54. The summed E-state index contributed by atoms with van der Waals surface area (Å²) in [6.07, 6.45) is 0. The first kappa shape index (κ1) is 29.7. The van der Waals surface area contributed by atoms with Gasteiger partial charge in [-0.05, 0) is 80.7 Å². The van der Waals surface area contributed by atoms with E-state index in [0.717, 1.165) is 11.5 Å². The van der Waals surface area contributed by atoms with Crippen LogP contribution in [0.1, 0.15) is 0 Å². The smallest absolute Gasteiger partial charge is 0.250 e. The first-order valence-corrected chi connectivity index (χ1v) is 18.3. The average molecular weight is 667 g/mol.